The summed E-state index contributed by atoms with van der Waals surface area (Å²) in [6.07, 6.45) is 0. The molecule has 3 aromatic heterocycles. The van der Waals surface area contributed by atoms with Crippen LogP contribution in [0.3, 0.4) is 0 Å². The first kappa shape index (κ1) is 12.4. The third kappa shape index (κ3) is 2.28. The summed E-state index contributed by atoms with van der Waals surface area (Å²) in [5.74, 6) is 0. The van der Waals surface area contributed by atoms with E-state index in [1.807, 2.05) is 34.0 Å². The summed E-state index contributed by atoms with van der Waals surface area (Å²) in [5.41, 5.74) is 0. The van der Waals surface area contributed by atoms with Gasteiger partial charge in [0.1, 0.15) is 0 Å². The number of alkyl halides is 1. The first-order chi connectivity index (χ1) is 8.15. The van der Waals surface area contributed by atoms with Gasteiger partial charge in [0.15, 0.2) is 0 Å². The molecule has 88 valence electrons. The Kier molecular flexibility index (Phi) is 3.47. The fourth-order valence-corrected chi connectivity index (χ4v) is 6.23. The molecule has 3 aromatic rings. The van der Waals surface area contributed by atoms with E-state index in [9.17, 15) is 0 Å². The van der Waals surface area contributed by atoms with Crippen molar-refractivity contribution < 1.29 is 0 Å². The maximum Gasteiger partial charge on any atom is 0.0832 e. The van der Waals surface area contributed by atoms with Crippen molar-refractivity contribution in [2.75, 3.05) is 0 Å². The van der Waals surface area contributed by atoms with E-state index in [0.29, 0.717) is 4.83 Å². The van der Waals surface area contributed by atoms with Gasteiger partial charge >= 0.3 is 0 Å². The van der Waals surface area contributed by atoms with Crippen LogP contribution in [0.2, 0.25) is 0 Å². The molecule has 0 N–H and O–H groups in total. The SMILES string of the molecule is Cc1sc(C(Br)c2cc3sccc3s2)cc1Br. The van der Waals surface area contributed by atoms with E-state index < -0.39 is 0 Å². The smallest absolute Gasteiger partial charge is 0.0832 e. The fraction of sp³-hybridized carbons (Fsp3) is 0.167. The largest absolute Gasteiger partial charge is 0.143 e. The molecule has 0 spiro atoms. The van der Waals surface area contributed by atoms with E-state index >= 15 is 0 Å². The van der Waals surface area contributed by atoms with Crippen LogP contribution in [-0.2, 0) is 0 Å². The fourth-order valence-electron chi connectivity index (χ4n) is 1.66. The summed E-state index contributed by atoms with van der Waals surface area (Å²) in [6, 6.07) is 6.71. The van der Waals surface area contributed by atoms with Gasteiger partial charge in [-0.15, -0.1) is 34.0 Å². The van der Waals surface area contributed by atoms with Crippen molar-refractivity contribution in [3.63, 3.8) is 0 Å². The lowest BCUT2D eigenvalue weighted by atomic mass is 10.3. The van der Waals surface area contributed by atoms with Gasteiger partial charge in [-0.3, -0.25) is 0 Å². The highest BCUT2D eigenvalue weighted by molar-refractivity contribution is 9.10. The molecule has 0 aliphatic heterocycles. The number of fused-ring (bicyclic) bond motifs is 1. The molecule has 5 heteroatoms. The van der Waals surface area contributed by atoms with Crippen molar-refractivity contribution in [1.29, 1.82) is 0 Å². The molecule has 0 bridgehead atoms. The molecule has 0 amide bonds. The highest BCUT2D eigenvalue weighted by atomic mass is 79.9. The van der Waals surface area contributed by atoms with Gasteiger partial charge in [-0.25, -0.2) is 0 Å². The Morgan fingerprint density at radius 3 is 2.53 bits per heavy atom. The quantitative estimate of drug-likeness (QED) is 0.421. The molecule has 3 heterocycles. The van der Waals surface area contributed by atoms with E-state index in [0.717, 1.165) is 0 Å². The summed E-state index contributed by atoms with van der Waals surface area (Å²) >= 11 is 12.9. The molecule has 0 radical (unpaired) electrons. The molecule has 0 aromatic carbocycles. The van der Waals surface area contributed by atoms with Gasteiger partial charge in [0.05, 0.1) is 4.83 Å². The average molecular weight is 408 g/mol. The van der Waals surface area contributed by atoms with Crippen molar-refractivity contribution in [3.8, 4) is 0 Å². The van der Waals surface area contributed by atoms with Gasteiger partial charge in [0.2, 0.25) is 0 Å². The Labute approximate surface area is 129 Å². The molecule has 0 aliphatic carbocycles. The van der Waals surface area contributed by atoms with Gasteiger partial charge in [-0.05, 0) is 46.4 Å². The zero-order chi connectivity index (χ0) is 12.0. The van der Waals surface area contributed by atoms with Gasteiger partial charge in [-0.1, -0.05) is 15.9 Å². The molecule has 0 nitrogen and oxygen atoms in total. The Morgan fingerprint density at radius 1 is 1.12 bits per heavy atom. The van der Waals surface area contributed by atoms with E-state index in [2.05, 4.69) is 62.4 Å². The second-order valence-corrected chi connectivity index (χ2v) is 8.83. The maximum absolute atomic E-state index is 3.81. The van der Waals surface area contributed by atoms with Crippen molar-refractivity contribution >= 4 is 75.3 Å². The summed E-state index contributed by atoms with van der Waals surface area (Å²) in [6.45, 7) is 2.14. The topological polar surface area (TPSA) is 0 Å². The summed E-state index contributed by atoms with van der Waals surface area (Å²) in [5, 5.41) is 2.15. The monoisotopic (exact) mass is 406 g/mol. The standard InChI is InChI=1S/C12H8Br2S3/c1-6-7(13)4-10(16-6)12(14)11-5-9-8(17-11)2-3-15-9/h2-5,12H,1H3. The minimum atomic E-state index is 0.321. The van der Waals surface area contributed by atoms with Crippen LogP contribution in [0.15, 0.2) is 28.1 Å². The normalized spacial score (nSPS) is 13.4. The Bertz CT molecular complexity index is 614. The van der Waals surface area contributed by atoms with Crippen LogP contribution >= 0.6 is 65.9 Å². The summed E-state index contributed by atoms with van der Waals surface area (Å²) in [4.78, 5) is 4.41. The lowest BCUT2D eigenvalue weighted by Crippen LogP contribution is -1.83. The first-order valence-electron chi connectivity index (χ1n) is 5.02. The highest BCUT2D eigenvalue weighted by Gasteiger charge is 2.17. The molecule has 1 atom stereocenters. The molecule has 0 saturated carbocycles. The number of rotatable bonds is 2. The van der Waals surface area contributed by atoms with Crippen LogP contribution < -0.4 is 0 Å². The third-order valence-corrected chi connectivity index (χ3v) is 8.49. The molecule has 0 fully saturated rings. The maximum atomic E-state index is 3.81. The zero-order valence-electron chi connectivity index (χ0n) is 8.87. The van der Waals surface area contributed by atoms with Crippen molar-refractivity contribution in [1.82, 2.24) is 0 Å². The molecule has 1 unspecified atom stereocenters. The number of thiophene rings is 3. The predicted molar refractivity (Wildman–Crippen MR) is 87.2 cm³/mol. The lowest BCUT2D eigenvalue weighted by Gasteiger charge is -2.03. The molecular weight excluding hydrogens is 400 g/mol. The van der Waals surface area contributed by atoms with Crippen molar-refractivity contribution in [2.24, 2.45) is 0 Å². The van der Waals surface area contributed by atoms with Gasteiger partial charge in [0, 0.05) is 28.5 Å². The highest BCUT2D eigenvalue weighted by Crippen LogP contribution is 2.43. The van der Waals surface area contributed by atoms with Gasteiger partial charge in [0.25, 0.3) is 0 Å². The second kappa shape index (κ2) is 4.78. The first-order valence-corrected chi connectivity index (χ1v) is 9.24. The second-order valence-electron chi connectivity index (χ2n) is 3.71. The summed E-state index contributed by atoms with van der Waals surface area (Å²) in [7, 11) is 0. The van der Waals surface area contributed by atoms with E-state index in [1.165, 1.54) is 28.5 Å². The zero-order valence-corrected chi connectivity index (χ0v) is 14.5. The van der Waals surface area contributed by atoms with Crippen LogP contribution in [0.5, 0.6) is 0 Å². The minimum absolute atomic E-state index is 0.321. The Hall–Kier alpha value is 0.320. The van der Waals surface area contributed by atoms with Crippen LogP contribution in [0.1, 0.15) is 19.5 Å². The molecule has 17 heavy (non-hydrogen) atoms. The Morgan fingerprint density at radius 2 is 1.88 bits per heavy atom. The number of hydrogen-bond acceptors (Lipinski definition) is 3. The number of halogens is 2. The predicted octanol–water partition coefficient (Wildman–Crippen LogP) is 6.58. The van der Waals surface area contributed by atoms with Crippen LogP contribution in [0.4, 0.5) is 0 Å². The molecule has 3 rings (SSSR count). The van der Waals surface area contributed by atoms with Crippen LogP contribution in [0, 0.1) is 6.92 Å². The number of aryl methyl sites for hydroxylation is 1. The molecular formula is C12H8Br2S3. The van der Waals surface area contributed by atoms with Gasteiger partial charge < -0.3 is 0 Å². The van der Waals surface area contributed by atoms with Crippen molar-refractivity contribution in [2.45, 2.75) is 11.8 Å². The molecule has 0 aliphatic rings. The average Bonchev–Trinajstić information content (AvgIpc) is 2.92. The van der Waals surface area contributed by atoms with Crippen molar-refractivity contribution in [3.05, 3.63) is 42.7 Å². The molecule has 0 saturated heterocycles. The summed E-state index contributed by atoms with van der Waals surface area (Å²) < 4.78 is 3.99. The Balaban J connectivity index is 2.01. The van der Waals surface area contributed by atoms with Crippen LogP contribution in [0.25, 0.3) is 9.40 Å². The minimum Gasteiger partial charge on any atom is -0.143 e. The van der Waals surface area contributed by atoms with E-state index in [1.54, 1.807) is 0 Å². The van der Waals surface area contributed by atoms with Gasteiger partial charge in [-0.2, -0.15) is 0 Å². The van der Waals surface area contributed by atoms with E-state index in [-0.39, 0.29) is 0 Å². The van der Waals surface area contributed by atoms with E-state index in [4.69, 9.17) is 0 Å². The third-order valence-electron chi connectivity index (χ3n) is 2.53. The number of hydrogen-bond donors (Lipinski definition) is 0. The lowest BCUT2D eigenvalue weighted by molar-refractivity contribution is 1.29. The van der Waals surface area contributed by atoms with Crippen LogP contribution in [-0.4, -0.2) is 0 Å².